The molecule has 0 spiro atoms. The van der Waals surface area contributed by atoms with Crippen molar-refractivity contribution in [2.75, 3.05) is 19.5 Å². The van der Waals surface area contributed by atoms with Gasteiger partial charge in [0.15, 0.2) is 0 Å². The van der Waals surface area contributed by atoms with Crippen LogP contribution in [0.15, 0.2) is 60.9 Å². The monoisotopic (exact) mass is 378 g/mol. The normalized spacial score (nSPS) is 11.4. The molecular weight excluding hydrogens is 356 g/mol. The lowest BCUT2D eigenvalue weighted by Crippen LogP contribution is -2.26. The number of ether oxygens (including phenoxy) is 2. The minimum atomic E-state index is -0.232. The van der Waals surface area contributed by atoms with Crippen LogP contribution in [0.2, 0.25) is 0 Å². The van der Waals surface area contributed by atoms with Crippen molar-refractivity contribution in [1.29, 1.82) is 0 Å². The maximum absolute atomic E-state index is 12.4. The molecule has 1 amide bonds. The van der Waals surface area contributed by atoms with E-state index in [-0.39, 0.29) is 11.9 Å². The van der Waals surface area contributed by atoms with Crippen molar-refractivity contribution in [3.05, 3.63) is 72.1 Å². The summed E-state index contributed by atoms with van der Waals surface area (Å²) in [5.41, 5.74) is 2.11. The standard InChI is InChI=1S/C21H22N4O3/c1-14(15-7-5-4-6-8-15)24-20(26)16-12-22-21(23-13-16)25-18-10-9-17(27-2)11-19(18)28-3/h4-14H,1-3H3,(H,24,26)(H,22,23,25). The molecule has 1 heterocycles. The molecule has 1 aromatic heterocycles. The third kappa shape index (κ3) is 4.56. The molecule has 7 heteroatoms. The van der Waals surface area contributed by atoms with Crippen LogP contribution in [0.4, 0.5) is 11.6 Å². The second-order valence-corrected chi connectivity index (χ2v) is 6.09. The molecule has 0 aliphatic rings. The van der Waals surface area contributed by atoms with E-state index in [1.165, 1.54) is 12.4 Å². The Morgan fingerprint density at radius 2 is 1.71 bits per heavy atom. The van der Waals surface area contributed by atoms with E-state index < -0.39 is 0 Å². The van der Waals surface area contributed by atoms with Gasteiger partial charge in [-0.3, -0.25) is 4.79 Å². The van der Waals surface area contributed by atoms with Crippen molar-refractivity contribution >= 4 is 17.5 Å². The average molecular weight is 378 g/mol. The number of methoxy groups -OCH3 is 2. The molecule has 28 heavy (non-hydrogen) atoms. The van der Waals surface area contributed by atoms with E-state index in [1.807, 2.05) is 43.3 Å². The molecule has 1 unspecified atom stereocenters. The van der Waals surface area contributed by atoms with Crippen molar-refractivity contribution in [2.45, 2.75) is 13.0 Å². The van der Waals surface area contributed by atoms with Crippen LogP contribution in [0.5, 0.6) is 11.5 Å². The molecular formula is C21H22N4O3. The van der Waals surface area contributed by atoms with E-state index in [9.17, 15) is 4.79 Å². The quantitative estimate of drug-likeness (QED) is 0.652. The van der Waals surface area contributed by atoms with Gasteiger partial charge in [0.05, 0.1) is 31.5 Å². The van der Waals surface area contributed by atoms with Gasteiger partial charge in [-0.05, 0) is 24.6 Å². The summed E-state index contributed by atoms with van der Waals surface area (Å²) in [5.74, 6) is 1.41. The number of rotatable bonds is 7. The molecule has 144 valence electrons. The number of anilines is 2. The Morgan fingerprint density at radius 3 is 2.36 bits per heavy atom. The predicted octanol–water partition coefficient (Wildman–Crippen LogP) is 3.73. The zero-order valence-electron chi connectivity index (χ0n) is 16.0. The van der Waals surface area contributed by atoms with Gasteiger partial charge in [0, 0.05) is 18.5 Å². The summed E-state index contributed by atoms with van der Waals surface area (Å²) in [4.78, 5) is 20.9. The molecule has 7 nitrogen and oxygen atoms in total. The number of amides is 1. The van der Waals surface area contributed by atoms with Crippen LogP contribution in [0, 0.1) is 0 Å². The Hall–Kier alpha value is -3.61. The fraction of sp³-hybridized carbons (Fsp3) is 0.190. The van der Waals surface area contributed by atoms with Gasteiger partial charge in [0.1, 0.15) is 11.5 Å². The molecule has 1 atom stereocenters. The highest BCUT2D eigenvalue weighted by Crippen LogP contribution is 2.30. The molecule has 0 saturated heterocycles. The zero-order valence-corrected chi connectivity index (χ0v) is 16.0. The van der Waals surface area contributed by atoms with Crippen LogP contribution in [0.25, 0.3) is 0 Å². The first-order valence-electron chi connectivity index (χ1n) is 8.77. The summed E-state index contributed by atoms with van der Waals surface area (Å²) < 4.78 is 10.5. The average Bonchev–Trinajstić information content (AvgIpc) is 2.75. The highest BCUT2D eigenvalue weighted by molar-refractivity contribution is 5.93. The van der Waals surface area contributed by atoms with Crippen molar-refractivity contribution in [1.82, 2.24) is 15.3 Å². The minimum Gasteiger partial charge on any atom is -0.497 e. The molecule has 0 saturated carbocycles. The fourth-order valence-corrected chi connectivity index (χ4v) is 2.64. The lowest BCUT2D eigenvalue weighted by Gasteiger charge is -2.14. The van der Waals surface area contributed by atoms with Crippen molar-refractivity contribution < 1.29 is 14.3 Å². The topological polar surface area (TPSA) is 85.4 Å². The number of hydrogen-bond acceptors (Lipinski definition) is 6. The Bertz CT molecular complexity index is 930. The lowest BCUT2D eigenvalue weighted by molar-refractivity contribution is 0.0939. The van der Waals surface area contributed by atoms with E-state index in [0.717, 1.165) is 5.56 Å². The molecule has 2 aromatic carbocycles. The van der Waals surface area contributed by atoms with Gasteiger partial charge >= 0.3 is 0 Å². The highest BCUT2D eigenvalue weighted by atomic mass is 16.5. The van der Waals surface area contributed by atoms with Crippen LogP contribution in [-0.4, -0.2) is 30.1 Å². The molecule has 2 N–H and O–H groups in total. The van der Waals surface area contributed by atoms with Crippen LogP contribution < -0.4 is 20.1 Å². The fourth-order valence-electron chi connectivity index (χ4n) is 2.64. The summed E-state index contributed by atoms with van der Waals surface area (Å²) in [6.45, 7) is 1.93. The first-order valence-corrected chi connectivity index (χ1v) is 8.77. The van der Waals surface area contributed by atoms with Gasteiger partial charge in [-0.25, -0.2) is 9.97 Å². The Balaban J connectivity index is 1.67. The summed E-state index contributed by atoms with van der Waals surface area (Å²) in [6, 6.07) is 15.0. The number of carbonyl (C=O) groups is 1. The third-order valence-electron chi connectivity index (χ3n) is 4.22. The second-order valence-electron chi connectivity index (χ2n) is 6.09. The molecule has 0 fully saturated rings. The minimum absolute atomic E-state index is 0.116. The number of aromatic nitrogens is 2. The van der Waals surface area contributed by atoms with E-state index >= 15 is 0 Å². The van der Waals surface area contributed by atoms with E-state index in [4.69, 9.17) is 9.47 Å². The summed E-state index contributed by atoms with van der Waals surface area (Å²) in [7, 11) is 3.16. The maximum atomic E-state index is 12.4. The van der Waals surface area contributed by atoms with Crippen molar-refractivity contribution in [3.8, 4) is 11.5 Å². The number of nitrogens with one attached hydrogen (secondary N) is 2. The summed E-state index contributed by atoms with van der Waals surface area (Å²) >= 11 is 0. The van der Waals surface area contributed by atoms with Crippen molar-refractivity contribution in [2.24, 2.45) is 0 Å². The van der Waals surface area contributed by atoms with Crippen LogP contribution in [0.3, 0.4) is 0 Å². The van der Waals surface area contributed by atoms with Gasteiger partial charge in [0.25, 0.3) is 5.91 Å². The smallest absolute Gasteiger partial charge is 0.254 e. The van der Waals surface area contributed by atoms with Crippen LogP contribution in [-0.2, 0) is 0 Å². The summed E-state index contributed by atoms with van der Waals surface area (Å²) in [5, 5.41) is 6.01. The Morgan fingerprint density at radius 1 is 1.00 bits per heavy atom. The molecule has 0 aliphatic heterocycles. The third-order valence-corrected chi connectivity index (χ3v) is 4.22. The molecule has 0 bridgehead atoms. The van der Waals surface area contributed by atoms with Crippen molar-refractivity contribution in [3.63, 3.8) is 0 Å². The van der Waals surface area contributed by atoms with Crippen LogP contribution >= 0.6 is 0 Å². The number of benzene rings is 2. The first-order chi connectivity index (χ1) is 13.6. The number of hydrogen-bond donors (Lipinski definition) is 2. The molecule has 0 aliphatic carbocycles. The van der Waals surface area contributed by atoms with E-state index in [2.05, 4.69) is 20.6 Å². The van der Waals surface area contributed by atoms with E-state index in [1.54, 1.807) is 26.4 Å². The molecule has 3 aromatic rings. The predicted molar refractivity (Wildman–Crippen MR) is 107 cm³/mol. The summed E-state index contributed by atoms with van der Waals surface area (Å²) in [6.07, 6.45) is 2.97. The maximum Gasteiger partial charge on any atom is 0.254 e. The van der Waals surface area contributed by atoms with Gasteiger partial charge in [-0.2, -0.15) is 0 Å². The number of nitrogens with zero attached hydrogens (tertiary/aromatic N) is 2. The largest absolute Gasteiger partial charge is 0.497 e. The van der Waals surface area contributed by atoms with Crippen LogP contribution in [0.1, 0.15) is 28.9 Å². The lowest BCUT2D eigenvalue weighted by atomic mass is 10.1. The van der Waals surface area contributed by atoms with Gasteiger partial charge < -0.3 is 20.1 Å². The first kappa shape index (κ1) is 19.2. The Kier molecular flexibility index (Phi) is 6.06. The zero-order chi connectivity index (χ0) is 19.9. The molecule has 0 radical (unpaired) electrons. The van der Waals surface area contributed by atoms with Gasteiger partial charge in [0.2, 0.25) is 5.95 Å². The highest BCUT2D eigenvalue weighted by Gasteiger charge is 2.13. The SMILES string of the molecule is COc1ccc(Nc2ncc(C(=O)NC(C)c3ccccc3)cn2)c(OC)c1. The molecule has 3 rings (SSSR count). The second kappa shape index (κ2) is 8.85. The number of carbonyl (C=O) groups excluding carboxylic acids is 1. The van der Waals surface area contributed by atoms with Gasteiger partial charge in [-0.15, -0.1) is 0 Å². The van der Waals surface area contributed by atoms with E-state index in [0.29, 0.717) is 28.7 Å². The Labute approximate surface area is 163 Å². The van der Waals surface area contributed by atoms with Gasteiger partial charge in [-0.1, -0.05) is 30.3 Å².